The Morgan fingerprint density at radius 1 is 0.625 bits per heavy atom. The van der Waals surface area contributed by atoms with E-state index in [1.165, 1.54) is 0 Å². The number of halogens is 5. The summed E-state index contributed by atoms with van der Waals surface area (Å²) in [6.45, 7) is 16.9. The number of nitrogens with one attached hydrogen (secondary N) is 1. The number of nitrogens with two attached hydrogens (primary N) is 2. The van der Waals surface area contributed by atoms with Gasteiger partial charge in [0, 0.05) is 25.6 Å². The maximum atomic E-state index is 11.9. The number of amides is 1. The van der Waals surface area contributed by atoms with Crippen molar-refractivity contribution in [2.75, 3.05) is 53.0 Å². The Kier molecular flexibility index (Phi) is 51.5. The number of aliphatic hydroxyl groups is 4. The van der Waals surface area contributed by atoms with Crippen molar-refractivity contribution in [3.63, 3.8) is 0 Å². The third-order valence-electron chi connectivity index (χ3n) is 8.25. The Morgan fingerprint density at radius 3 is 1.35 bits per heavy atom. The monoisotopic (exact) mass is 1230 g/mol. The van der Waals surface area contributed by atoms with Crippen molar-refractivity contribution in [3.05, 3.63) is 71.8 Å². The maximum absolute atomic E-state index is 11.9. The first-order valence-electron chi connectivity index (χ1n) is 24.2. The van der Waals surface area contributed by atoms with Gasteiger partial charge in [0.1, 0.15) is 30.0 Å². The van der Waals surface area contributed by atoms with E-state index in [1.807, 2.05) is 81.4 Å². The van der Waals surface area contributed by atoms with Crippen LogP contribution in [0, 0.1) is 11.8 Å². The van der Waals surface area contributed by atoms with Crippen LogP contribution in [0.25, 0.3) is 0 Å². The minimum Gasteiger partial charge on any atom is -1.00 e. The van der Waals surface area contributed by atoms with Gasteiger partial charge in [-0.05, 0) is 112 Å². The van der Waals surface area contributed by atoms with Crippen molar-refractivity contribution < 1.29 is 162 Å². The van der Waals surface area contributed by atoms with Crippen LogP contribution in [0.2, 0.25) is 0 Å². The summed E-state index contributed by atoms with van der Waals surface area (Å²) in [4.78, 5) is 57.0. The van der Waals surface area contributed by atoms with Gasteiger partial charge < -0.3 is 65.6 Å². The average Bonchev–Trinajstić information content (AvgIpc) is 3.31. The molecule has 1 amide bonds. The number of hydrogen-bond donors (Lipinski definition) is 7. The average molecular weight is 1230 g/mol. The second kappa shape index (κ2) is 46.9. The normalized spacial score (nSPS) is 12.2. The Balaban J connectivity index is -0.000000217. The molecule has 3 atom stereocenters. The second-order valence-electron chi connectivity index (χ2n) is 19.3. The van der Waals surface area contributed by atoms with E-state index in [4.69, 9.17) is 50.5 Å². The van der Waals surface area contributed by atoms with Gasteiger partial charge in [0.25, 0.3) is 10.1 Å². The summed E-state index contributed by atoms with van der Waals surface area (Å²) in [5.74, 6) is -2.40. The van der Waals surface area contributed by atoms with Crippen molar-refractivity contribution >= 4 is 50.2 Å². The summed E-state index contributed by atoms with van der Waals surface area (Å²) in [6.07, 6.45) is 2.79. The minimum atomic E-state index is -6.04. The Hall–Kier alpha value is -3.50. The molecule has 0 saturated carbocycles. The number of esters is 4. The number of alkyl carbamates (subject to hydrolysis) is 1. The van der Waals surface area contributed by atoms with Crippen molar-refractivity contribution in [1.29, 1.82) is 0 Å². The molecule has 0 aliphatic heterocycles. The summed E-state index contributed by atoms with van der Waals surface area (Å²) in [6, 6.07) is 18.4. The van der Waals surface area contributed by atoms with Gasteiger partial charge in [0.05, 0.1) is 51.5 Å². The van der Waals surface area contributed by atoms with E-state index in [9.17, 15) is 63.5 Å². The van der Waals surface area contributed by atoms with Crippen molar-refractivity contribution in [3.8, 4) is 0 Å². The zero-order valence-corrected chi connectivity index (χ0v) is 52.6. The van der Waals surface area contributed by atoms with Gasteiger partial charge in [-0.25, -0.2) is 4.79 Å². The molecule has 0 spiro atoms. The predicted octanol–water partition coefficient (Wildman–Crippen LogP) is -0.735. The molecule has 0 fully saturated rings. The van der Waals surface area contributed by atoms with Gasteiger partial charge in [0.2, 0.25) is 0 Å². The van der Waals surface area contributed by atoms with Gasteiger partial charge in [0.15, 0.2) is 0 Å². The molecular weight excluding hydrogens is 1140 g/mol. The molecule has 2 rings (SSSR count). The fourth-order valence-corrected chi connectivity index (χ4v) is 6.52. The first kappa shape index (κ1) is 87.7. The summed E-state index contributed by atoms with van der Waals surface area (Å²) < 4.78 is 112. The van der Waals surface area contributed by atoms with Crippen LogP contribution >= 0.6 is 0 Å². The Labute approximate surface area is 510 Å². The van der Waals surface area contributed by atoms with Crippen LogP contribution < -0.4 is 72.9 Å². The third-order valence-corrected chi connectivity index (χ3v) is 10.5. The topological polar surface area (TPSA) is 354 Å². The molecule has 0 bridgehead atoms. The largest absolute Gasteiger partial charge is 1.00 e. The van der Waals surface area contributed by atoms with E-state index >= 15 is 0 Å². The number of alkyl halides is 4. The van der Waals surface area contributed by atoms with E-state index < -0.39 is 72.5 Å². The standard InChI is InChI=1S/C18H27NO5.C11H14O3.C10H21NO3.C8H17NO3.C2H3F3O5S2.CH3F.FH.K/c1-18(2,3)24-16(21)15(12-20)10-7-11-19-17(22)23-13-14-8-5-4-6-9-14;12-8-4-7-11(13)14-9-10-5-2-1-3-6-10;1-10(2,3)14-9(13)8(7-12)5-4-6-11;1-8(2,3)12-7(11)4-6(9)5-10;1-11(6,7)10-12(8,9)2(3,4)5;1-2;;/h4-6,8-9,15,20H,7,10-13H2,1-3H3,(H,19,22);1-3,5-6,12H,4,7-9H2;8,12H,4-7,11H2,1-3H3;6,10H,4-5,9H2,1-3H3;1H3;1H3;1H;/q;;;;;;;+1/p-1/t15-;;8-;6-;;;;/m0.01..../s1. The molecular formula is C50H85F5KN3O19S2. The molecule has 2 aromatic rings. The van der Waals surface area contributed by atoms with Gasteiger partial charge in [-0.3, -0.25) is 23.6 Å². The SMILES string of the molecule is CC(C)(C)OC(=O)C[C@@H](N)CO.CC(C)(C)OC(=O)[C@H](CO)CCCN.CC(C)(C)OC(=O)[C@H](CO)CCCNC(=O)OCc1ccccc1.CF.CS(=O)(=O)OS(=O)(=O)C(F)(F)F.O=C(CCCO)OCc1ccccc1.[F-].[K+]. The molecule has 0 saturated heterocycles. The molecule has 30 heteroatoms. The first-order chi connectivity index (χ1) is 35.8. The van der Waals surface area contributed by atoms with Gasteiger partial charge >= 0.3 is 97.0 Å². The fourth-order valence-electron chi connectivity index (χ4n) is 4.91. The molecule has 0 heterocycles. The molecule has 22 nitrogen and oxygen atoms in total. The van der Waals surface area contributed by atoms with Crippen LogP contribution in [0.5, 0.6) is 0 Å². The number of carbonyl (C=O) groups excluding carboxylic acids is 5. The van der Waals surface area contributed by atoms with Crippen LogP contribution in [0.4, 0.5) is 22.4 Å². The summed E-state index contributed by atoms with van der Waals surface area (Å²) >= 11 is 0. The van der Waals surface area contributed by atoms with Crippen LogP contribution in [-0.4, -0.2) is 149 Å². The van der Waals surface area contributed by atoms with Gasteiger partial charge in [-0.15, -0.1) is 3.63 Å². The summed E-state index contributed by atoms with van der Waals surface area (Å²) in [5.41, 5.74) is 5.28. The van der Waals surface area contributed by atoms with Crippen molar-refractivity contribution in [2.24, 2.45) is 23.3 Å². The molecule has 0 aliphatic carbocycles. The first-order valence-corrected chi connectivity index (χ1v) is 27.4. The van der Waals surface area contributed by atoms with Gasteiger partial charge in [-0.2, -0.15) is 30.0 Å². The maximum Gasteiger partial charge on any atom is 1.00 e. The summed E-state index contributed by atoms with van der Waals surface area (Å²) in [5, 5.41) is 37.9. The van der Waals surface area contributed by atoms with E-state index in [1.54, 1.807) is 41.5 Å². The molecule has 0 unspecified atom stereocenters. The predicted molar refractivity (Wildman–Crippen MR) is 281 cm³/mol. The Morgan fingerprint density at radius 2 is 1.02 bits per heavy atom. The van der Waals surface area contributed by atoms with Crippen molar-refractivity contribution in [1.82, 2.24) is 5.32 Å². The number of hydrogen-bond acceptors (Lipinski definition) is 21. The number of aliphatic hydroxyl groups excluding tert-OH is 4. The van der Waals surface area contributed by atoms with Crippen LogP contribution in [0.1, 0.15) is 118 Å². The molecule has 462 valence electrons. The third kappa shape index (κ3) is 55.1. The van der Waals surface area contributed by atoms with E-state index in [0.717, 1.165) is 17.5 Å². The fraction of sp³-hybridized carbons (Fsp3) is 0.660. The summed E-state index contributed by atoms with van der Waals surface area (Å²) in [7, 11) is -10.2. The van der Waals surface area contributed by atoms with Crippen molar-refractivity contribution in [2.45, 2.75) is 149 Å². The zero-order chi connectivity index (χ0) is 61.4. The van der Waals surface area contributed by atoms with Gasteiger partial charge in [-0.1, -0.05) is 60.7 Å². The number of carbonyl (C=O) groups is 5. The molecule has 0 aliphatic rings. The molecule has 0 aromatic heterocycles. The molecule has 9 N–H and O–H groups in total. The molecule has 2 aromatic carbocycles. The Bertz CT molecular complexity index is 2170. The zero-order valence-electron chi connectivity index (χ0n) is 47.9. The molecule has 0 radical (unpaired) electrons. The van der Waals surface area contributed by atoms with Crippen LogP contribution in [0.15, 0.2) is 60.7 Å². The molecule has 80 heavy (non-hydrogen) atoms. The quantitative estimate of drug-likeness (QED) is 0.0180. The van der Waals surface area contributed by atoms with Crippen LogP contribution in [-0.2, 0) is 79.9 Å². The minimum absolute atomic E-state index is 0. The smallest absolute Gasteiger partial charge is 1.00 e. The van der Waals surface area contributed by atoms with E-state index in [2.05, 4.69) is 8.95 Å². The van der Waals surface area contributed by atoms with E-state index in [0.29, 0.717) is 52.6 Å². The number of rotatable bonds is 23. The van der Waals surface area contributed by atoms with Crippen LogP contribution in [0.3, 0.4) is 0 Å². The van der Waals surface area contributed by atoms with E-state index in [-0.39, 0.29) is 126 Å². The number of benzene rings is 2. The number of ether oxygens (including phenoxy) is 5. The second-order valence-corrected chi connectivity index (χ2v) is 22.6.